The molecular weight excluding hydrogens is 152 g/mol. The highest BCUT2D eigenvalue weighted by atomic mass is 16.1. The molecule has 0 aliphatic heterocycles. The Balaban J connectivity index is 2.84. The average molecular weight is 164 g/mol. The van der Waals surface area contributed by atoms with Crippen LogP contribution >= 0.6 is 0 Å². The fourth-order valence-corrected chi connectivity index (χ4v) is 0.941. The van der Waals surface area contributed by atoms with Crippen molar-refractivity contribution in [3.05, 3.63) is 29.6 Å². The molecule has 0 spiro atoms. The van der Waals surface area contributed by atoms with E-state index < -0.39 is 0 Å². The predicted molar refractivity (Wildman–Crippen MR) is 46.8 cm³/mol. The summed E-state index contributed by atoms with van der Waals surface area (Å²) in [4.78, 5) is 14.2. The number of nitrogens with two attached hydrogens (primary N) is 1. The van der Waals surface area contributed by atoms with Gasteiger partial charge in [0.25, 0.3) is 0 Å². The Bertz CT molecular complexity index is 256. The fraction of sp³-hybridized carbons (Fsp3) is 0.333. The Labute approximate surface area is 71.6 Å². The second kappa shape index (κ2) is 3.97. The van der Waals surface area contributed by atoms with Crippen molar-refractivity contribution in [1.82, 2.24) is 4.98 Å². The lowest BCUT2D eigenvalue weighted by molar-refractivity contribution is 0.111. The number of hydrogen-bond donors (Lipinski definition) is 1. The van der Waals surface area contributed by atoms with Gasteiger partial charge in [-0.05, 0) is 18.1 Å². The first-order valence-corrected chi connectivity index (χ1v) is 3.94. The number of aldehydes is 1. The summed E-state index contributed by atoms with van der Waals surface area (Å²) >= 11 is 0. The van der Waals surface area contributed by atoms with Crippen LogP contribution in [-0.2, 0) is 0 Å². The van der Waals surface area contributed by atoms with Crippen LogP contribution in [0.25, 0.3) is 0 Å². The highest BCUT2D eigenvalue weighted by Crippen LogP contribution is 2.11. The van der Waals surface area contributed by atoms with Crippen LogP contribution in [0.5, 0.6) is 0 Å². The maximum atomic E-state index is 10.3. The van der Waals surface area contributed by atoms with E-state index in [1.165, 1.54) is 0 Å². The standard InChI is InChI=1S/C9H12N2O/c1-2-9(10)7-3-4-8(6-12)11-5-7/h3-6,9H,2,10H2,1H3/t9-/m0/s1. The van der Waals surface area contributed by atoms with Crippen molar-refractivity contribution in [3.8, 4) is 0 Å². The summed E-state index contributed by atoms with van der Waals surface area (Å²) in [6, 6.07) is 3.54. The van der Waals surface area contributed by atoms with E-state index in [0.717, 1.165) is 18.3 Å². The summed E-state index contributed by atoms with van der Waals surface area (Å²) in [5.74, 6) is 0. The third-order valence-corrected chi connectivity index (χ3v) is 1.80. The first kappa shape index (κ1) is 8.87. The Morgan fingerprint density at radius 1 is 1.67 bits per heavy atom. The Morgan fingerprint density at radius 2 is 2.42 bits per heavy atom. The van der Waals surface area contributed by atoms with Crippen LogP contribution in [0.2, 0.25) is 0 Å². The molecule has 0 aromatic carbocycles. The lowest BCUT2D eigenvalue weighted by Crippen LogP contribution is -2.08. The smallest absolute Gasteiger partial charge is 0.168 e. The van der Waals surface area contributed by atoms with Gasteiger partial charge in [-0.15, -0.1) is 0 Å². The Morgan fingerprint density at radius 3 is 2.83 bits per heavy atom. The van der Waals surface area contributed by atoms with E-state index in [0.29, 0.717) is 5.69 Å². The van der Waals surface area contributed by atoms with Crippen LogP contribution in [-0.4, -0.2) is 11.3 Å². The fourth-order valence-electron chi connectivity index (χ4n) is 0.941. The lowest BCUT2D eigenvalue weighted by atomic mass is 10.1. The van der Waals surface area contributed by atoms with Gasteiger partial charge in [0.2, 0.25) is 0 Å². The van der Waals surface area contributed by atoms with E-state index >= 15 is 0 Å². The zero-order chi connectivity index (χ0) is 8.97. The largest absolute Gasteiger partial charge is 0.324 e. The van der Waals surface area contributed by atoms with Gasteiger partial charge in [0.15, 0.2) is 6.29 Å². The van der Waals surface area contributed by atoms with Crippen molar-refractivity contribution in [1.29, 1.82) is 0 Å². The molecule has 64 valence electrons. The molecule has 0 unspecified atom stereocenters. The molecule has 3 nitrogen and oxygen atoms in total. The number of rotatable bonds is 3. The topological polar surface area (TPSA) is 56.0 Å². The van der Waals surface area contributed by atoms with Crippen molar-refractivity contribution < 1.29 is 4.79 Å². The lowest BCUT2D eigenvalue weighted by Gasteiger charge is -2.07. The second-order valence-corrected chi connectivity index (χ2v) is 2.65. The maximum Gasteiger partial charge on any atom is 0.168 e. The molecule has 1 aromatic heterocycles. The van der Waals surface area contributed by atoms with E-state index in [2.05, 4.69) is 4.98 Å². The minimum Gasteiger partial charge on any atom is -0.324 e. The number of carbonyl (C=O) groups excluding carboxylic acids is 1. The van der Waals surface area contributed by atoms with Crippen LogP contribution < -0.4 is 5.73 Å². The zero-order valence-corrected chi connectivity index (χ0v) is 7.03. The van der Waals surface area contributed by atoms with Gasteiger partial charge < -0.3 is 5.73 Å². The summed E-state index contributed by atoms with van der Waals surface area (Å²) in [5, 5.41) is 0. The van der Waals surface area contributed by atoms with Gasteiger partial charge in [0.1, 0.15) is 5.69 Å². The minimum atomic E-state index is 0.0261. The van der Waals surface area contributed by atoms with Gasteiger partial charge in [-0.25, -0.2) is 0 Å². The molecule has 0 aliphatic carbocycles. The highest BCUT2D eigenvalue weighted by molar-refractivity contribution is 5.71. The van der Waals surface area contributed by atoms with Crippen LogP contribution in [0, 0.1) is 0 Å². The Hall–Kier alpha value is -1.22. The van der Waals surface area contributed by atoms with E-state index in [4.69, 9.17) is 5.73 Å². The van der Waals surface area contributed by atoms with Gasteiger partial charge in [-0.1, -0.05) is 13.0 Å². The molecule has 0 fully saturated rings. The van der Waals surface area contributed by atoms with Crippen molar-refractivity contribution in [2.45, 2.75) is 19.4 Å². The maximum absolute atomic E-state index is 10.3. The first-order chi connectivity index (χ1) is 5.77. The normalized spacial score (nSPS) is 12.5. The van der Waals surface area contributed by atoms with Gasteiger partial charge in [-0.2, -0.15) is 0 Å². The van der Waals surface area contributed by atoms with E-state index in [1.807, 2.05) is 13.0 Å². The molecule has 0 radical (unpaired) electrons. The summed E-state index contributed by atoms with van der Waals surface area (Å²) in [7, 11) is 0. The van der Waals surface area contributed by atoms with Crippen LogP contribution in [0.15, 0.2) is 18.3 Å². The van der Waals surface area contributed by atoms with E-state index in [1.54, 1.807) is 12.3 Å². The third-order valence-electron chi connectivity index (χ3n) is 1.80. The van der Waals surface area contributed by atoms with Gasteiger partial charge in [0.05, 0.1) is 0 Å². The SMILES string of the molecule is CC[C@H](N)c1ccc(C=O)nc1. The van der Waals surface area contributed by atoms with Gasteiger partial charge in [-0.3, -0.25) is 9.78 Å². The summed E-state index contributed by atoms with van der Waals surface area (Å²) in [6.07, 6.45) is 3.25. The Kier molecular flexibility index (Phi) is 2.94. The van der Waals surface area contributed by atoms with Crippen molar-refractivity contribution in [2.24, 2.45) is 5.73 Å². The molecule has 0 amide bonds. The molecule has 0 bridgehead atoms. The molecule has 0 saturated heterocycles. The predicted octanol–water partition coefficient (Wildman–Crippen LogP) is 1.30. The molecule has 2 N–H and O–H groups in total. The van der Waals surface area contributed by atoms with Crippen LogP contribution in [0.1, 0.15) is 35.4 Å². The quantitative estimate of drug-likeness (QED) is 0.685. The summed E-state index contributed by atoms with van der Waals surface area (Å²) in [6.45, 7) is 2.01. The number of nitrogens with zero attached hydrogens (tertiary/aromatic N) is 1. The molecular formula is C9H12N2O. The van der Waals surface area contributed by atoms with Gasteiger partial charge >= 0.3 is 0 Å². The highest BCUT2D eigenvalue weighted by Gasteiger charge is 2.02. The number of hydrogen-bond acceptors (Lipinski definition) is 3. The van der Waals surface area contributed by atoms with Crippen LogP contribution in [0.3, 0.4) is 0 Å². The van der Waals surface area contributed by atoms with Gasteiger partial charge in [0, 0.05) is 12.2 Å². The number of aromatic nitrogens is 1. The molecule has 1 heterocycles. The van der Waals surface area contributed by atoms with Crippen molar-refractivity contribution in [2.75, 3.05) is 0 Å². The van der Waals surface area contributed by atoms with Crippen LogP contribution in [0.4, 0.5) is 0 Å². The molecule has 0 saturated carbocycles. The van der Waals surface area contributed by atoms with E-state index in [9.17, 15) is 4.79 Å². The third kappa shape index (κ3) is 1.89. The first-order valence-electron chi connectivity index (χ1n) is 3.94. The molecule has 3 heteroatoms. The molecule has 1 rings (SSSR count). The zero-order valence-electron chi connectivity index (χ0n) is 7.03. The average Bonchev–Trinajstić information content (AvgIpc) is 2.17. The molecule has 12 heavy (non-hydrogen) atoms. The molecule has 1 atom stereocenters. The summed E-state index contributed by atoms with van der Waals surface area (Å²) < 4.78 is 0. The number of pyridine rings is 1. The molecule has 1 aromatic rings. The van der Waals surface area contributed by atoms with Crippen molar-refractivity contribution in [3.63, 3.8) is 0 Å². The monoisotopic (exact) mass is 164 g/mol. The van der Waals surface area contributed by atoms with Crippen molar-refractivity contribution >= 4 is 6.29 Å². The number of carbonyl (C=O) groups is 1. The summed E-state index contributed by atoms with van der Waals surface area (Å²) in [5.41, 5.74) is 7.18. The van der Waals surface area contributed by atoms with E-state index in [-0.39, 0.29) is 6.04 Å². The molecule has 0 aliphatic rings. The minimum absolute atomic E-state index is 0.0261. The second-order valence-electron chi connectivity index (χ2n) is 2.65.